The van der Waals surface area contributed by atoms with Crippen molar-refractivity contribution in [3.63, 3.8) is 0 Å². The van der Waals surface area contributed by atoms with Gasteiger partial charge in [0, 0.05) is 25.8 Å². The molecule has 0 saturated carbocycles. The SMILES string of the molecule is Cc1ccc(NC(=O)COc2ccccc2[N+](=O)[O-])cc1S(=O)(=O)N(C)C. The number of anilines is 1. The molecule has 0 aromatic heterocycles. The Hall–Kier alpha value is -2.98. The summed E-state index contributed by atoms with van der Waals surface area (Å²) in [6, 6.07) is 10.2. The average molecular weight is 393 g/mol. The van der Waals surface area contributed by atoms with Crippen LogP contribution in [0.3, 0.4) is 0 Å². The van der Waals surface area contributed by atoms with Gasteiger partial charge >= 0.3 is 5.69 Å². The number of hydrogen-bond donors (Lipinski definition) is 1. The van der Waals surface area contributed by atoms with Gasteiger partial charge < -0.3 is 10.1 Å². The normalized spacial score (nSPS) is 11.3. The molecule has 27 heavy (non-hydrogen) atoms. The number of ether oxygens (including phenoxy) is 1. The number of nitrogens with zero attached hydrogens (tertiary/aromatic N) is 2. The molecule has 2 rings (SSSR count). The molecule has 1 amide bonds. The van der Waals surface area contributed by atoms with Crippen LogP contribution in [0.25, 0.3) is 0 Å². The topological polar surface area (TPSA) is 119 Å². The number of nitro groups is 1. The molecule has 0 atom stereocenters. The molecule has 1 N–H and O–H groups in total. The lowest BCUT2D eigenvalue weighted by Gasteiger charge is -2.15. The molecule has 0 heterocycles. The number of hydrogen-bond acceptors (Lipinski definition) is 6. The van der Waals surface area contributed by atoms with Crippen molar-refractivity contribution in [3.8, 4) is 5.75 Å². The number of amides is 1. The van der Waals surface area contributed by atoms with E-state index in [0.717, 1.165) is 4.31 Å². The molecule has 2 aromatic carbocycles. The highest BCUT2D eigenvalue weighted by molar-refractivity contribution is 7.89. The van der Waals surface area contributed by atoms with E-state index in [4.69, 9.17) is 4.74 Å². The van der Waals surface area contributed by atoms with Gasteiger partial charge in [0.1, 0.15) is 0 Å². The maximum atomic E-state index is 12.3. The summed E-state index contributed by atoms with van der Waals surface area (Å²) in [4.78, 5) is 22.5. The minimum Gasteiger partial charge on any atom is -0.477 e. The highest BCUT2D eigenvalue weighted by Gasteiger charge is 2.21. The second-order valence-corrected chi connectivity index (χ2v) is 7.95. The van der Waals surface area contributed by atoms with Crippen LogP contribution in [0.1, 0.15) is 5.56 Å². The van der Waals surface area contributed by atoms with Crippen LogP contribution < -0.4 is 10.1 Å². The highest BCUT2D eigenvalue weighted by atomic mass is 32.2. The minimum absolute atomic E-state index is 0.0302. The zero-order valence-corrected chi connectivity index (χ0v) is 15.8. The highest BCUT2D eigenvalue weighted by Crippen LogP contribution is 2.26. The van der Waals surface area contributed by atoms with Gasteiger partial charge in [0.25, 0.3) is 5.91 Å². The summed E-state index contributed by atoms with van der Waals surface area (Å²) >= 11 is 0. The lowest BCUT2D eigenvalue weighted by Crippen LogP contribution is -2.24. The molecule has 0 aliphatic carbocycles. The molecule has 2 aromatic rings. The number of rotatable bonds is 7. The molecule has 0 unspecified atom stereocenters. The average Bonchev–Trinajstić information content (AvgIpc) is 2.61. The third kappa shape index (κ3) is 4.80. The zero-order valence-electron chi connectivity index (χ0n) is 15.0. The Bertz CT molecular complexity index is 972. The Morgan fingerprint density at radius 3 is 2.52 bits per heavy atom. The second-order valence-electron chi connectivity index (χ2n) is 5.83. The first-order chi connectivity index (χ1) is 12.6. The molecular weight excluding hydrogens is 374 g/mol. The molecule has 0 fully saturated rings. The summed E-state index contributed by atoms with van der Waals surface area (Å²) in [5.41, 5.74) is 0.565. The number of sulfonamides is 1. The van der Waals surface area contributed by atoms with Crippen LogP contribution in [0.2, 0.25) is 0 Å². The van der Waals surface area contributed by atoms with Crippen molar-refractivity contribution in [3.05, 3.63) is 58.1 Å². The Morgan fingerprint density at radius 1 is 1.22 bits per heavy atom. The maximum absolute atomic E-state index is 12.3. The first-order valence-electron chi connectivity index (χ1n) is 7.82. The quantitative estimate of drug-likeness (QED) is 0.569. The van der Waals surface area contributed by atoms with E-state index in [1.54, 1.807) is 25.1 Å². The van der Waals surface area contributed by atoms with E-state index in [1.807, 2.05) is 0 Å². The van der Waals surface area contributed by atoms with Crippen molar-refractivity contribution in [2.75, 3.05) is 26.0 Å². The summed E-state index contributed by atoms with van der Waals surface area (Å²) in [6.07, 6.45) is 0. The van der Waals surface area contributed by atoms with Crippen LogP contribution in [0, 0.1) is 17.0 Å². The van der Waals surface area contributed by atoms with Crippen LogP contribution in [0.15, 0.2) is 47.4 Å². The summed E-state index contributed by atoms with van der Waals surface area (Å²) in [7, 11) is -0.826. The molecule has 144 valence electrons. The number of aryl methyl sites for hydroxylation is 1. The third-order valence-corrected chi connectivity index (χ3v) is 5.61. The predicted octanol–water partition coefficient (Wildman–Crippen LogP) is 2.17. The number of benzene rings is 2. The molecule has 0 saturated heterocycles. The second kappa shape index (κ2) is 8.14. The number of nitro benzene ring substituents is 1. The fraction of sp³-hybridized carbons (Fsp3) is 0.235. The zero-order chi connectivity index (χ0) is 20.2. The largest absolute Gasteiger partial charge is 0.477 e. The van der Waals surface area contributed by atoms with Gasteiger partial charge in [-0.15, -0.1) is 0 Å². The molecule has 9 nitrogen and oxygen atoms in total. The summed E-state index contributed by atoms with van der Waals surface area (Å²) in [5, 5.41) is 13.5. The Kier molecular flexibility index (Phi) is 6.13. The molecule has 0 radical (unpaired) electrons. The third-order valence-electron chi connectivity index (χ3n) is 3.65. The van der Waals surface area contributed by atoms with Gasteiger partial charge in [-0.3, -0.25) is 14.9 Å². The first-order valence-corrected chi connectivity index (χ1v) is 9.26. The minimum atomic E-state index is -3.66. The van der Waals surface area contributed by atoms with Gasteiger partial charge in [-0.1, -0.05) is 18.2 Å². The first kappa shape index (κ1) is 20.3. The lowest BCUT2D eigenvalue weighted by atomic mass is 10.2. The van der Waals surface area contributed by atoms with Crippen LogP contribution in [0.5, 0.6) is 5.75 Å². The smallest absolute Gasteiger partial charge is 0.310 e. The van der Waals surface area contributed by atoms with E-state index >= 15 is 0 Å². The van der Waals surface area contributed by atoms with Gasteiger partial charge in [-0.2, -0.15) is 0 Å². The fourth-order valence-electron chi connectivity index (χ4n) is 2.22. The summed E-state index contributed by atoms with van der Waals surface area (Å²) in [5.74, 6) is -0.609. The maximum Gasteiger partial charge on any atom is 0.310 e. The van der Waals surface area contributed by atoms with Crippen molar-refractivity contribution < 1.29 is 22.9 Å². The van der Waals surface area contributed by atoms with Gasteiger partial charge in [-0.25, -0.2) is 12.7 Å². The number of para-hydroxylation sites is 2. The van der Waals surface area contributed by atoms with Gasteiger partial charge in [0.05, 0.1) is 9.82 Å². The molecular formula is C17H19N3O6S. The molecule has 0 bridgehead atoms. The van der Waals surface area contributed by atoms with Gasteiger partial charge in [0.15, 0.2) is 12.4 Å². The van der Waals surface area contributed by atoms with Crippen molar-refractivity contribution in [1.82, 2.24) is 4.31 Å². The van der Waals surface area contributed by atoms with Crippen LogP contribution in [-0.4, -0.2) is 44.3 Å². The van der Waals surface area contributed by atoms with E-state index in [1.165, 1.54) is 38.4 Å². The number of nitrogens with one attached hydrogen (secondary N) is 1. The Labute approximate surface area is 156 Å². The predicted molar refractivity (Wildman–Crippen MR) is 99.3 cm³/mol. The van der Waals surface area contributed by atoms with E-state index in [2.05, 4.69) is 5.32 Å². The number of carbonyl (C=O) groups excluding carboxylic acids is 1. The molecule has 0 aliphatic rings. The van der Waals surface area contributed by atoms with Crippen molar-refractivity contribution >= 4 is 27.3 Å². The van der Waals surface area contributed by atoms with E-state index in [-0.39, 0.29) is 22.0 Å². The van der Waals surface area contributed by atoms with Crippen molar-refractivity contribution in [2.45, 2.75) is 11.8 Å². The van der Waals surface area contributed by atoms with E-state index < -0.39 is 27.5 Å². The van der Waals surface area contributed by atoms with Gasteiger partial charge in [-0.05, 0) is 30.7 Å². The fourth-order valence-corrected chi connectivity index (χ4v) is 3.37. The van der Waals surface area contributed by atoms with Crippen LogP contribution in [0.4, 0.5) is 11.4 Å². The van der Waals surface area contributed by atoms with Crippen molar-refractivity contribution in [2.24, 2.45) is 0 Å². The monoisotopic (exact) mass is 393 g/mol. The standard InChI is InChI=1S/C17H19N3O6S/c1-12-8-9-13(10-16(12)27(24,25)19(2)3)18-17(21)11-26-15-7-5-4-6-14(15)20(22)23/h4-10H,11H2,1-3H3,(H,18,21). The Morgan fingerprint density at radius 2 is 1.89 bits per heavy atom. The van der Waals surface area contributed by atoms with Gasteiger partial charge in [0.2, 0.25) is 10.0 Å². The molecule has 0 spiro atoms. The van der Waals surface area contributed by atoms with Crippen molar-refractivity contribution in [1.29, 1.82) is 0 Å². The van der Waals surface area contributed by atoms with E-state index in [9.17, 15) is 23.3 Å². The summed E-state index contributed by atoms with van der Waals surface area (Å²) in [6.45, 7) is 1.19. The van der Waals surface area contributed by atoms with E-state index in [0.29, 0.717) is 5.56 Å². The van der Waals surface area contributed by atoms with Crippen LogP contribution in [-0.2, 0) is 14.8 Å². The Balaban J connectivity index is 2.12. The molecule has 10 heteroatoms. The lowest BCUT2D eigenvalue weighted by molar-refractivity contribution is -0.385. The van der Waals surface area contributed by atoms with Crippen LogP contribution >= 0.6 is 0 Å². The summed E-state index contributed by atoms with van der Waals surface area (Å²) < 4.78 is 30.9. The molecule has 0 aliphatic heterocycles. The number of carbonyl (C=O) groups is 1.